The first kappa shape index (κ1) is 19.1. The summed E-state index contributed by atoms with van der Waals surface area (Å²) < 4.78 is 11.2. The highest BCUT2D eigenvalue weighted by atomic mass is 35.5. The van der Waals surface area contributed by atoms with Gasteiger partial charge in [0, 0.05) is 18.1 Å². The summed E-state index contributed by atoms with van der Waals surface area (Å²) >= 11 is 7.32. The van der Waals surface area contributed by atoms with Gasteiger partial charge in [-0.1, -0.05) is 35.9 Å². The van der Waals surface area contributed by atoms with Crippen LogP contribution in [0.3, 0.4) is 0 Å². The van der Waals surface area contributed by atoms with Crippen molar-refractivity contribution in [2.24, 2.45) is 4.99 Å². The van der Waals surface area contributed by atoms with Crippen molar-refractivity contribution in [1.29, 1.82) is 0 Å². The predicted molar refractivity (Wildman–Crippen MR) is 113 cm³/mol. The fraction of sp³-hybridized carbons (Fsp3) is 0.238. The van der Waals surface area contributed by atoms with Crippen molar-refractivity contribution >= 4 is 40.5 Å². The van der Waals surface area contributed by atoms with Crippen molar-refractivity contribution in [3.05, 3.63) is 69.6 Å². The molecule has 0 bridgehead atoms. The maximum Gasteiger partial charge on any atom is 0.286 e. The van der Waals surface area contributed by atoms with Gasteiger partial charge >= 0.3 is 0 Å². The topological polar surface area (TPSA) is 51.1 Å². The third-order valence-corrected chi connectivity index (χ3v) is 5.66. The number of amidine groups is 1. The van der Waals surface area contributed by atoms with Crippen LogP contribution in [0.25, 0.3) is 6.08 Å². The Bertz CT molecular complexity index is 922. The first-order chi connectivity index (χ1) is 13.7. The number of hydrogen-bond donors (Lipinski definition) is 0. The zero-order valence-corrected chi connectivity index (χ0v) is 16.7. The molecule has 0 saturated carbocycles. The highest BCUT2D eigenvalue weighted by Gasteiger charge is 2.27. The lowest BCUT2D eigenvalue weighted by molar-refractivity contribution is -0.113. The van der Waals surface area contributed by atoms with E-state index in [1.54, 1.807) is 0 Å². The second-order valence-corrected chi connectivity index (χ2v) is 7.84. The number of carbonyl (C=O) groups is 1. The third kappa shape index (κ3) is 4.76. The van der Waals surface area contributed by atoms with E-state index in [2.05, 4.69) is 9.89 Å². The van der Waals surface area contributed by atoms with Crippen molar-refractivity contribution in [1.82, 2.24) is 4.90 Å². The zero-order chi connectivity index (χ0) is 19.3. The first-order valence-electron chi connectivity index (χ1n) is 9.00. The summed E-state index contributed by atoms with van der Waals surface area (Å²) in [6.07, 6.45) is 1.86. The van der Waals surface area contributed by atoms with Gasteiger partial charge in [0.2, 0.25) is 0 Å². The fourth-order valence-corrected chi connectivity index (χ4v) is 3.97. The third-order valence-electron chi connectivity index (χ3n) is 4.37. The van der Waals surface area contributed by atoms with E-state index in [0.717, 1.165) is 35.1 Å². The molecule has 0 atom stereocenters. The first-order valence-corrected chi connectivity index (χ1v) is 10.2. The molecule has 4 rings (SSSR count). The number of halogens is 1. The van der Waals surface area contributed by atoms with Gasteiger partial charge in [0.05, 0.1) is 18.1 Å². The van der Waals surface area contributed by atoms with Crippen LogP contribution < -0.4 is 4.74 Å². The summed E-state index contributed by atoms with van der Waals surface area (Å²) in [5.41, 5.74) is 1.95. The van der Waals surface area contributed by atoms with Crippen molar-refractivity contribution < 1.29 is 14.3 Å². The Balaban J connectivity index is 1.41. The summed E-state index contributed by atoms with van der Waals surface area (Å²) in [5.74, 6) is 0.549. The minimum Gasteiger partial charge on any atom is -0.489 e. The molecule has 0 N–H and O–H groups in total. The molecule has 5 nitrogen and oxygen atoms in total. The number of thioether (sulfide) groups is 1. The van der Waals surface area contributed by atoms with Crippen molar-refractivity contribution in [3.8, 4) is 5.75 Å². The van der Waals surface area contributed by atoms with Crippen LogP contribution >= 0.6 is 23.4 Å². The number of nitrogens with zero attached hydrogens (tertiary/aromatic N) is 2. The minimum atomic E-state index is -0.195. The second-order valence-electron chi connectivity index (χ2n) is 6.40. The SMILES string of the molecule is O=C1N=C(N2CCOCC2)S/C1=C\c1cccc(OCc2ccc(Cl)cc2)c1. The largest absolute Gasteiger partial charge is 0.489 e. The number of hydrogen-bond acceptors (Lipinski definition) is 5. The normalized spacial score (nSPS) is 18.5. The van der Waals surface area contributed by atoms with Crippen molar-refractivity contribution in [2.45, 2.75) is 6.61 Å². The molecule has 7 heteroatoms. The summed E-state index contributed by atoms with van der Waals surface area (Å²) in [4.78, 5) is 19.2. The number of aliphatic imine (C=N–C) groups is 1. The van der Waals surface area contributed by atoms with Crippen LogP contribution in [0.15, 0.2) is 58.4 Å². The van der Waals surface area contributed by atoms with E-state index in [0.29, 0.717) is 29.7 Å². The van der Waals surface area contributed by atoms with Gasteiger partial charge in [-0.2, -0.15) is 4.99 Å². The van der Waals surface area contributed by atoms with Crippen LogP contribution in [0.2, 0.25) is 5.02 Å². The molecule has 0 aliphatic carbocycles. The molecular formula is C21H19ClN2O3S. The van der Waals surface area contributed by atoms with Crippen molar-refractivity contribution in [2.75, 3.05) is 26.3 Å². The van der Waals surface area contributed by atoms with E-state index in [9.17, 15) is 4.79 Å². The van der Waals surface area contributed by atoms with Gasteiger partial charge < -0.3 is 14.4 Å². The molecule has 2 aliphatic heterocycles. The van der Waals surface area contributed by atoms with Crippen LogP contribution in [0, 0.1) is 0 Å². The van der Waals surface area contributed by atoms with Gasteiger partial charge in [-0.15, -0.1) is 0 Å². The number of morpholine rings is 1. The number of rotatable bonds is 4. The molecule has 1 saturated heterocycles. The van der Waals surface area contributed by atoms with E-state index in [-0.39, 0.29) is 5.91 Å². The molecule has 2 aromatic carbocycles. The number of amides is 1. The Labute approximate surface area is 173 Å². The number of carbonyl (C=O) groups excluding carboxylic acids is 1. The Morgan fingerprint density at radius 3 is 2.75 bits per heavy atom. The molecule has 0 radical (unpaired) electrons. The van der Waals surface area contributed by atoms with Gasteiger partial charge in [-0.05, 0) is 53.2 Å². The molecule has 2 aliphatic rings. The summed E-state index contributed by atoms with van der Waals surface area (Å²) in [5, 5.41) is 1.46. The molecule has 144 valence electrons. The monoisotopic (exact) mass is 414 g/mol. The summed E-state index contributed by atoms with van der Waals surface area (Å²) in [6, 6.07) is 15.2. The lowest BCUT2D eigenvalue weighted by atomic mass is 10.2. The highest BCUT2D eigenvalue weighted by molar-refractivity contribution is 8.18. The highest BCUT2D eigenvalue weighted by Crippen LogP contribution is 2.31. The van der Waals surface area contributed by atoms with Crippen LogP contribution in [0.4, 0.5) is 0 Å². The molecule has 1 fully saturated rings. The number of ether oxygens (including phenoxy) is 2. The lowest BCUT2D eigenvalue weighted by Crippen LogP contribution is -2.38. The quantitative estimate of drug-likeness (QED) is 0.701. The van der Waals surface area contributed by atoms with Crippen LogP contribution in [-0.2, 0) is 16.1 Å². The Morgan fingerprint density at radius 2 is 1.96 bits per heavy atom. The molecule has 0 spiro atoms. The Kier molecular flexibility index (Phi) is 6.00. The van der Waals surface area contributed by atoms with E-state index in [1.807, 2.05) is 54.6 Å². The van der Waals surface area contributed by atoms with Crippen LogP contribution in [-0.4, -0.2) is 42.3 Å². The van der Waals surface area contributed by atoms with Crippen LogP contribution in [0.1, 0.15) is 11.1 Å². The minimum absolute atomic E-state index is 0.195. The number of benzene rings is 2. The second kappa shape index (κ2) is 8.82. The van der Waals surface area contributed by atoms with Crippen molar-refractivity contribution in [3.63, 3.8) is 0 Å². The summed E-state index contributed by atoms with van der Waals surface area (Å²) in [7, 11) is 0. The fourth-order valence-electron chi connectivity index (χ4n) is 2.88. The zero-order valence-electron chi connectivity index (χ0n) is 15.1. The molecule has 1 amide bonds. The van der Waals surface area contributed by atoms with E-state index in [4.69, 9.17) is 21.1 Å². The van der Waals surface area contributed by atoms with E-state index >= 15 is 0 Å². The average Bonchev–Trinajstić information content (AvgIpc) is 3.09. The molecule has 2 heterocycles. The average molecular weight is 415 g/mol. The van der Waals surface area contributed by atoms with Gasteiger partial charge in [-0.3, -0.25) is 4.79 Å². The molecule has 28 heavy (non-hydrogen) atoms. The van der Waals surface area contributed by atoms with Gasteiger partial charge in [0.25, 0.3) is 5.91 Å². The smallest absolute Gasteiger partial charge is 0.286 e. The predicted octanol–water partition coefficient (Wildman–Crippen LogP) is 4.22. The van der Waals surface area contributed by atoms with Gasteiger partial charge in [-0.25, -0.2) is 0 Å². The summed E-state index contributed by atoms with van der Waals surface area (Å²) in [6.45, 7) is 3.32. The maximum atomic E-state index is 12.3. The lowest BCUT2D eigenvalue weighted by Gasteiger charge is -2.27. The van der Waals surface area contributed by atoms with Crippen LogP contribution in [0.5, 0.6) is 5.75 Å². The van der Waals surface area contributed by atoms with Gasteiger partial charge in [0.1, 0.15) is 12.4 Å². The molecule has 2 aromatic rings. The van der Waals surface area contributed by atoms with Gasteiger partial charge in [0.15, 0.2) is 5.17 Å². The Hall–Kier alpha value is -2.28. The maximum absolute atomic E-state index is 12.3. The standard InChI is InChI=1S/C21H19ClN2O3S/c22-17-6-4-15(5-7-17)14-27-18-3-1-2-16(12-18)13-19-20(25)23-21(28-19)24-8-10-26-11-9-24/h1-7,12-13H,8-11,14H2/b19-13-. The Morgan fingerprint density at radius 1 is 1.18 bits per heavy atom. The van der Waals surface area contributed by atoms with E-state index in [1.165, 1.54) is 11.8 Å². The molecular weight excluding hydrogens is 396 g/mol. The molecule has 0 unspecified atom stereocenters. The van der Waals surface area contributed by atoms with E-state index < -0.39 is 0 Å². The molecule has 0 aromatic heterocycles.